The summed E-state index contributed by atoms with van der Waals surface area (Å²) in [6.07, 6.45) is 0. The summed E-state index contributed by atoms with van der Waals surface area (Å²) in [6.45, 7) is 3.57. The number of anilines is 1. The minimum absolute atomic E-state index is 0.104. The van der Waals surface area contributed by atoms with Gasteiger partial charge in [-0.1, -0.05) is 29.3 Å². The number of nitrogens with one attached hydrogen (secondary N) is 2. The number of carbonyl (C=O) groups excluding carboxylic acids is 2. The summed E-state index contributed by atoms with van der Waals surface area (Å²) < 4.78 is 12.9. The lowest BCUT2D eigenvalue weighted by molar-refractivity contribution is -0.120. The van der Waals surface area contributed by atoms with Gasteiger partial charge in [0.15, 0.2) is 0 Å². The molecule has 0 saturated heterocycles. The van der Waals surface area contributed by atoms with Gasteiger partial charge >= 0.3 is 0 Å². The molecular weight excluding hydrogens is 410 g/mol. The second-order valence-corrected chi connectivity index (χ2v) is 8.06. The van der Waals surface area contributed by atoms with E-state index >= 15 is 0 Å². The third kappa shape index (κ3) is 6.72. The average molecular weight is 429 g/mol. The number of thioether (sulfide) groups is 1. The molecule has 4 nitrogen and oxygen atoms in total. The summed E-state index contributed by atoms with van der Waals surface area (Å²) in [7, 11) is 0. The van der Waals surface area contributed by atoms with Crippen molar-refractivity contribution >= 4 is 52.5 Å². The van der Waals surface area contributed by atoms with Crippen LogP contribution < -0.4 is 10.6 Å². The van der Waals surface area contributed by atoms with Gasteiger partial charge in [-0.15, -0.1) is 11.8 Å². The van der Waals surface area contributed by atoms with Crippen LogP contribution in [0, 0.1) is 5.82 Å². The van der Waals surface area contributed by atoms with Crippen molar-refractivity contribution in [2.45, 2.75) is 25.1 Å². The number of amides is 2. The van der Waals surface area contributed by atoms with Crippen molar-refractivity contribution in [3.05, 3.63) is 63.9 Å². The molecule has 0 aliphatic rings. The molecule has 0 spiro atoms. The maximum Gasteiger partial charge on any atom is 0.234 e. The van der Waals surface area contributed by atoms with Gasteiger partial charge in [0.2, 0.25) is 11.8 Å². The molecule has 0 heterocycles. The van der Waals surface area contributed by atoms with Crippen molar-refractivity contribution in [1.82, 2.24) is 5.32 Å². The first-order chi connectivity index (χ1) is 12.8. The van der Waals surface area contributed by atoms with E-state index in [2.05, 4.69) is 10.6 Å². The zero-order valence-electron chi connectivity index (χ0n) is 14.8. The summed E-state index contributed by atoms with van der Waals surface area (Å²) >= 11 is 13.1. The molecule has 0 fully saturated rings. The first-order valence-electron chi connectivity index (χ1n) is 8.18. The van der Waals surface area contributed by atoms with E-state index in [1.54, 1.807) is 25.1 Å². The third-order valence-corrected chi connectivity index (χ3v) is 5.65. The minimum Gasteiger partial charge on any atom is -0.349 e. The smallest absolute Gasteiger partial charge is 0.234 e. The molecule has 2 rings (SSSR count). The number of hydrogen-bond acceptors (Lipinski definition) is 3. The molecule has 0 aliphatic carbocycles. The highest BCUT2D eigenvalue weighted by Crippen LogP contribution is 2.25. The maximum atomic E-state index is 12.9. The van der Waals surface area contributed by atoms with E-state index in [4.69, 9.17) is 23.2 Å². The third-order valence-electron chi connectivity index (χ3n) is 3.76. The Hall–Kier alpha value is -1.76. The van der Waals surface area contributed by atoms with Crippen molar-refractivity contribution in [1.29, 1.82) is 0 Å². The van der Waals surface area contributed by atoms with E-state index in [1.165, 1.54) is 36.0 Å². The Morgan fingerprint density at radius 3 is 2.37 bits per heavy atom. The van der Waals surface area contributed by atoms with Crippen molar-refractivity contribution in [2.75, 3.05) is 11.1 Å². The Labute approximate surface area is 171 Å². The largest absolute Gasteiger partial charge is 0.349 e. The van der Waals surface area contributed by atoms with Crippen molar-refractivity contribution in [3.63, 3.8) is 0 Å². The molecule has 0 bridgehead atoms. The second-order valence-electron chi connectivity index (χ2n) is 5.91. The van der Waals surface area contributed by atoms with Crippen molar-refractivity contribution in [2.24, 2.45) is 0 Å². The van der Waals surface area contributed by atoms with Gasteiger partial charge in [0.25, 0.3) is 0 Å². The second kappa shape index (κ2) is 9.97. The van der Waals surface area contributed by atoms with Gasteiger partial charge in [-0.05, 0) is 55.8 Å². The van der Waals surface area contributed by atoms with Crippen LogP contribution in [0.3, 0.4) is 0 Å². The molecule has 2 N–H and O–H groups in total. The average Bonchev–Trinajstić information content (AvgIpc) is 2.63. The molecule has 2 unspecified atom stereocenters. The number of rotatable bonds is 7. The SMILES string of the molecule is CC(SCC(=O)Nc1ccc(F)cc1)C(=O)NC(C)c1ccc(Cl)c(Cl)c1. The van der Waals surface area contributed by atoms with E-state index in [-0.39, 0.29) is 29.4 Å². The molecular formula is C19H19Cl2FN2O2S. The van der Waals surface area contributed by atoms with Crippen LogP contribution in [0.1, 0.15) is 25.5 Å². The minimum atomic E-state index is -0.422. The van der Waals surface area contributed by atoms with Crippen LogP contribution in [0.4, 0.5) is 10.1 Å². The van der Waals surface area contributed by atoms with Crippen LogP contribution >= 0.6 is 35.0 Å². The summed E-state index contributed by atoms with van der Waals surface area (Å²) in [5, 5.41) is 6.00. The van der Waals surface area contributed by atoms with Gasteiger partial charge < -0.3 is 10.6 Å². The molecule has 144 valence electrons. The molecule has 2 amide bonds. The summed E-state index contributed by atoms with van der Waals surface area (Å²) in [6, 6.07) is 10.4. The van der Waals surface area contributed by atoms with E-state index in [0.29, 0.717) is 15.7 Å². The highest BCUT2D eigenvalue weighted by atomic mass is 35.5. The van der Waals surface area contributed by atoms with E-state index < -0.39 is 5.25 Å². The van der Waals surface area contributed by atoms with Crippen LogP contribution in [-0.4, -0.2) is 22.8 Å². The van der Waals surface area contributed by atoms with E-state index in [9.17, 15) is 14.0 Å². The predicted molar refractivity (Wildman–Crippen MR) is 110 cm³/mol. The zero-order chi connectivity index (χ0) is 20.0. The Kier molecular flexibility index (Phi) is 7.95. The molecule has 0 radical (unpaired) electrons. The zero-order valence-corrected chi connectivity index (χ0v) is 17.1. The first kappa shape index (κ1) is 21.5. The fourth-order valence-corrected chi connectivity index (χ4v) is 3.20. The molecule has 27 heavy (non-hydrogen) atoms. The van der Waals surface area contributed by atoms with Crippen LogP contribution in [-0.2, 0) is 9.59 Å². The summed E-state index contributed by atoms with van der Waals surface area (Å²) in [5.41, 5.74) is 1.34. The van der Waals surface area contributed by atoms with Gasteiger partial charge in [-0.2, -0.15) is 0 Å². The molecule has 0 saturated carbocycles. The lowest BCUT2D eigenvalue weighted by atomic mass is 10.1. The van der Waals surface area contributed by atoms with Gasteiger partial charge in [0.1, 0.15) is 5.82 Å². The van der Waals surface area contributed by atoms with Gasteiger partial charge in [-0.25, -0.2) is 4.39 Å². The highest BCUT2D eigenvalue weighted by molar-refractivity contribution is 8.01. The Morgan fingerprint density at radius 1 is 1.07 bits per heavy atom. The summed E-state index contributed by atoms with van der Waals surface area (Å²) in [4.78, 5) is 24.3. The standard InChI is InChI=1S/C19H19Cl2FN2O2S/c1-11(13-3-8-16(20)17(21)9-13)23-19(26)12(2)27-10-18(25)24-15-6-4-14(22)5-7-15/h3-9,11-12H,10H2,1-2H3,(H,23,26)(H,24,25). The van der Waals surface area contributed by atoms with Crippen LogP contribution in [0.5, 0.6) is 0 Å². The van der Waals surface area contributed by atoms with Gasteiger partial charge in [-0.3, -0.25) is 9.59 Å². The molecule has 8 heteroatoms. The topological polar surface area (TPSA) is 58.2 Å². The molecule has 0 aromatic heterocycles. The Balaban J connectivity index is 1.81. The molecule has 0 aliphatic heterocycles. The number of hydrogen-bond donors (Lipinski definition) is 2. The van der Waals surface area contributed by atoms with Crippen LogP contribution in [0.15, 0.2) is 42.5 Å². The van der Waals surface area contributed by atoms with Crippen molar-refractivity contribution < 1.29 is 14.0 Å². The van der Waals surface area contributed by atoms with Crippen LogP contribution in [0.2, 0.25) is 10.0 Å². The quantitative estimate of drug-likeness (QED) is 0.646. The lowest BCUT2D eigenvalue weighted by Gasteiger charge is -2.18. The number of carbonyl (C=O) groups is 2. The first-order valence-corrected chi connectivity index (χ1v) is 9.99. The lowest BCUT2D eigenvalue weighted by Crippen LogP contribution is -2.33. The van der Waals surface area contributed by atoms with Gasteiger partial charge in [0, 0.05) is 5.69 Å². The Morgan fingerprint density at radius 2 is 1.74 bits per heavy atom. The number of benzene rings is 2. The van der Waals surface area contributed by atoms with E-state index in [0.717, 1.165) is 5.56 Å². The van der Waals surface area contributed by atoms with E-state index in [1.807, 2.05) is 6.92 Å². The fourth-order valence-electron chi connectivity index (χ4n) is 2.20. The normalized spacial score (nSPS) is 12.9. The maximum absolute atomic E-state index is 12.9. The molecule has 2 atom stereocenters. The monoisotopic (exact) mass is 428 g/mol. The van der Waals surface area contributed by atoms with Crippen molar-refractivity contribution in [3.8, 4) is 0 Å². The highest BCUT2D eigenvalue weighted by Gasteiger charge is 2.18. The fraction of sp³-hybridized carbons (Fsp3) is 0.263. The Bertz CT molecular complexity index is 818. The van der Waals surface area contributed by atoms with Crippen LogP contribution in [0.25, 0.3) is 0 Å². The molecule has 2 aromatic rings. The van der Waals surface area contributed by atoms with Gasteiger partial charge in [0.05, 0.1) is 27.1 Å². The summed E-state index contributed by atoms with van der Waals surface area (Å²) in [5.74, 6) is -0.715. The number of halogens is 3. The molecule has 2 aromatic carbocycles. The predicted octanol–water partition coefficient (Wildman–Crippen LogP) is 5.07.